The first-order valence-corrected chi connectivity index (χ1v) is 7.72. The zero-order valence-corrected chi connectivity index (χ0v) is 12.8. The molecule has 4 nitrogen and oxygen atoms in total. The Hall–Kier alpha value is -2.88. The second kappa shape index (κ2) is 5.39. The predicted octanol–water partition coefficient (Wildman–Crippen LogP) is 3.62. The van der Waals surface area contributed by atoms with Gasteiger partial charge in [0.1, 0.15) is 0 Å². The molecule has 0 radical (unpaired) electrons. The minimum atomic E-state index is -0.355. The van der Waals surface area contributed by atoms with Gasteiger partial charge in [0, 0.05) is 17.5 Å². The van der Waals surface area contributed by atoms with Gasteiger partial charge in [-0.05, 0) is 24.6 Å². The third kappa shape index (κ3) is 2.14. The Labute approximate surface area is 134 Å². The molecule has 4 rings (SSSR count). The molecular formula is C19H16N2O2. The highest BCUT2D eigenvalue weighted by atomic mass is 16.5. The standard InChI is InChI=1S/C19H16N2O2/c1-2-23-19(22)17-16-12-13-8-6-7-11-15(13)18(16)21(20-17)14-9-4-3-5-10-14/h3-11H,2,12H2,1H3. The lowest BCUT2D eigenvalue weighted by Gasteiger charge is -2.07. The molecule has 0 atom stereocenters. The molecule has 0 bridgehead atoms. The molecule has 23 heavy (non-hydrogen) atoms. The summed E-state index contributed by atoms with van der Waals surface area (Å²) in [7, 11) is 0. The van der Waals surface area contributed by atoms with Crippen LogP contribution in [0.4, 0.5) is 0 Å². The van der Waals surface area contributed by atoms with Crippen molar-refractivity contribution in [3.8, 4) is 16.9 Å². The number of para-hydroxylation sites is 1. The van der Waals surface area contributed by atoms with Crippen LogP contribution >= 0.6 is 0 Å². The van der Waals surface area contributed by atoms with Gasteiger partial charge in [0.2, 0.25) is 0 Å². The smallest absolute Gasteiger partial charge is 0.359 e. The van der Waals surface area contributed by atoms with Crippen LogP contribution in [0.2, 0.25) is 0 Å². The molecule has 1 aromatic heterocycles. The molecule has 1 aliphatic rings. The van der Waals surface area contributed by atoms with E-state index in [1.165, 1.54) is 5.56 Å². The molecule has 0 unspecified atom stereocenters. The van der Waals surface area contributed by atoms with E-state index in [4.69, 9.17) is 4.74 Å². The van der Waals surface area contributed by atoms with Gasteiger partial charge < -0.3 is 4.74 Å². The molecule has 1 heterocycles. The number of hydrogen-bond acceptors (Lipinski definition) is 3. The summed E-state index contributed by atoms with van der Waals surface area (Å²) < 4.78 is 7.04. The van der Waals surface area contributed by atoms with Crippen molar-refractivity contribution in [2.75, 3.05) is 6.61 Å². The minimum absolute atomic E-state index is 0.346. The first-order valence-electron chi connectivity index (χ1n) is 7.72. The summed E-state index contributed by atoms with van der Waals surface area (Å²) in [5.41, 5.74) is 5.66. The van der Waals surface area contributed by atoms with Crippen molar-refractivity contribution >= 4 is 5.97 Å². The summed E-state index contributed by atoms with van der Waals surface area (Å²) in [5, 5.41) is 4.56. The van der Waals surface area contributed by atoms with Crippen LogP contribution in [-0.4, -0.2) is 22.4 Å². The fraction of sp³-hybridized carbons (Fsp3) is 0.158. The molecule has 0 spiro atoms. The van der Waals surface area contributed by atoms with Gasteiger partial charge >= 0.3 is 5.97 Å². The van der Waals surface area contributed by atoms with Crippen molar-refractivity contribution in [2.24, 2.45) is 0 Å². The van der Waals surface area contributed by atoms with E-state index >= 15 is 0 Å². The zero-order valence-electron chi connectivity index (χ0n) is 12.8. The first-order chi connectivity index (χ1) is 11.3. The molecule has 0 amide bonds. The molecule has 4 heteroatoms. The third-order valence-corrected chi connectivity index (χ3v) is 4.09. The number of ether oxygens (including phenoxy) is 1. The van der Waals surface area contributed by atoms with Crippen molar-refractivity contribution in [3.05, 3.63) is 71.4 Å². The maximum absolute atomic E-state index is 12.3. The van der Waals surface area contributed by atoms with E-state index in [-0.39, 0.29) is 5.97 Å². The molecule has 0 aliphatic heterocycles. The van der Waals surface area contributed by atoms with Crippen LogP contribution < -0.4 is 0 Å². The van der Waals surface area contributed by atoms with Crippen LogP contribution in [0.25, 0.3) is 16.9 Å². The average Bonchev–Trinajstić information content (AvgIpc) is 3.13. The summed E-state index contributed by atoms with van der Waals surface area (Å²) in [4.78, 5) is 12.3. The van der Waals surface area contributed by atoms with Gasteiger partial charge in [-0.25, -0.2) is 9.48 Å². The summed E-state index contributed by atoms with van der Waals surface area (Å²) in [6.07, 6.45) is 0.715. The van der Waals surface area contributed by atoms with Crippen molar-refractivity contribution in [3.63, 3.8) is 0 Å². The predicted molar refractivity (Wildman–Crippen MR) is 87.8 cm³/mol. The van der Waals surface area contributed by atoms with Crippen LogP contribution in [0, 0.1) is 0 Å². The van der Waals surface area contributed by atoms with Crippen molar-refractivity contribution in [1.82, 2.24) is 9.78 Å². The summed E-state index contributed by atoms with van der Waals surface area (Å²) in [5.74, 6) is -0.355. The van der Waals surface area contributed by atoms with Gasteiger partial charge in [0.25, 0.3) is 0 Å². The van der Waals surface area contributed by atoms with Crippen LogP contribution in [0.3, 0.4) is 0 Å². The quantitative estimate of drug-likeness (QED) is 0.543. The van der Waals surface area contributed by atoms with Crippen molar-refractivity contribution < 1.29 is 9.53 Å². The Balaban J connectivity index is 1.95. The number of esters is 1. The Morgan fingerprint density at radius 2 is 1.87 bits per heavy atom. The maximum atomic E-state index is 12.3. The topological polar surface area (TPSA) is 44.1 Å². The molecule has 0 N–H and O–H groups in total. The number of nitrogens with zero attached hydrogens (tertiary/aromatic N) is 2. The van der Waals surface area contributed by atoms with Gasteiger partial charge in [-0.1, -0.05) is 42.5 Å². The van der Waals surface area contributed by atoms with Gasteiger partial charge in [-0.15, -0.1) is 0 Å². The largest absolute Gasteiger partial charge is 0.461 e. The van der Waals surface area contributed by atoms with E-state index in [0.29, 0.717) is 18.7 Å². The lowest BCUT2D eigenvalue weighted by Crippen LogP contribution is -2.09. The van der Waals surface area contributed by atoms with E-state index in [2.05, 4.69) is 17.2 Å². The zero-order chi connectivity index (χ0) is 15.8. The number of fused-ring (bicyclic) bond motifs is 3. The van der Waals surface area contributed by atoms with Gasteiger partial charge in [0.05, 0.1) is 18.0 Å². The Kier molecular flexibility index (Phi) is 3.23. The molecule has 1 aliphatic carbocycles. The van der Waals surface area contributed by atoms with Crippen LogP contribution in [-0.2, 0) is 11.2 Å². The Bertz CT molecular complexity index is 882. The van der Waals surface area contributed by atoms with Crippen molar-refractivity contribution in [2.45, 2.75) is 13.3 Å². The van der Waals surface area contributed by atoms with E-state index in [0.717, 1.165) is 22.5 Å². The summed E-state index contributed by atoms with van der Waals surface area (Å²) in [6, 6.07) is 18.1. The van der Waals surface area contributed by atoms with Gasteiger partial charge in [-0.3, -0.25) is 0 Å². The lowest BCUT2D eigenvalue weighted by atomic mass is 10.1. The number of rotatable bonds is 3. The van der Waals surface area contributed by atoms with Crippen molar-refractivity contribution in [1.29, 1.82) is 0 Å². The van der Waals surface area contributed by atoms with E-state index in [1.807, 2.05) is 47.1 Å². The molecule has 0 saturated carbocycles. The fourth-order valence-electron chi connectivity index (χ4n) is 3.11. The van der Waals surface area contributed by atoms with Crippen LogP contribution in [0.5, 0.6) is 0 Å². The second-order valence-corrected chi connectivity index (χ2v) is 5.48. The highest BCUT2D eigenvalue weighted by Gasteiger charge is 2.31. The van der Waals surface area contributed by atoms with E-state index < -0.39 is 0 Å². The number of hydrogen-bond donors (Lipinski definition) is 0. The van der Waals surface area contributed by atoms with Crippen LogP contribution in [0.15, 0.2) is 54.6 Å². The molecule has 2 aromatic carbocycles. The number of carbonyl (C=O) groups is 1. The highest BCUT2D eigenvalue weighted by Crippen LogP contribution is 2.39. The maximum Gasteiger partial charge on any atom is 0.359 e. The lowest BCUT2D eigenvalue weighted by molar-refractivity contribution is 0.0518. The molecule has 114 valence electrons. The van der Waals surface area contributed by atoms with Crippen LogP contribution in [0.1, 0.15) is 28.5 Å². The molecule has 0 saturated heterocycles. The number of benzene rings is 2. The second-order valence-electron chi connectivity index (χ2n) is 5.48. The van der Waals surface area contributed by atoms with E-state index in [1.54, 1.807) is 6.92 Å². The fourth-order valence-corrected chi connectivity index (χ4v) is 3.11. The van der Waals surface area contributed by atoms with E-state index in [9.17, 15) is 4.79 Å². The summed E-state index contributed by atoms with van der Waals surface area (Å²) in [6.45, 7) is 2.15. The minimum Gasteiger partial charge on any atom is -0.461 e. The molecular weight excluding hydrogens is 288 g/mol. The van der Waals surface area contributed by atoms with Gasteiger partial charge in [0.15, 0.2) is 5.69 Å². The monoisotopic (exact) mass is 304 g/mol. The first kappa shape index (κ1) is 13.8. The third-order valence-electron chi connectivity index (χ3n) is 4.09. The van der Waals surface area contributed by atoms with Gasteiger partial charge in [-0.2, -0.15) is 5.10 Å². The molecule has 3 aromatic rings. The SMILES string of the molecule is CCOC(=O)c1nn(-c2ccccc2)c2c1Cc1ccccc1-2. The number of aromatic nitrogens is 2. The normalized spacial score (nSPS) is 11.9. The summed E-state index contributed by atoms with van der Waals surface area (Å²) >= 11 is 0. The highest BCUT2D eigenvalue weighted by molar-refractivity contribution is 5.93. The Morgan fingerprint density at radius 1 is 1.13 bits per heavy atom. The molecule has 0 fully saturated rings. The average molecular weight is 304 g/mol. The Morgan fingerprint density at radius 3 is 2.65 bits per heavy atom. The number of carbonyl (C=O) groups excluding carboxylic acids is 1.